The van der Waals surface area contributed by atoms with Gasteiger partial charge in [-0.3, -0.25) is 0 Å². The Labute approximate surface area is 83.7 Å². The zero-order valence-corrected chi connectivity index (χ0v) is 9.26. The van der Waals surface area contributed by atoms with E-state index in [1.54, 1.807) is 0 Å². The number of hydrogen-bond donors (Lipinski definition) is 0. The summed E-state index contributed by atoms with van der Waals surface area (Å²) in [7, 11) is 0. The van der Waals surface area contributed by atoms with Crippen LogP contribution in [0.3, 0.4) is 0 Å². The second-order valence-electron chi connectivity index (χ2n) is 3.44. The van der Waals surface area contributed by atoms with Gasteiger partial charge in [-0.25, -0.2) is 0 Å². The molecule has 0 fully saturated rings. The normalized spacial score (nSPS) is 11.8. The van der Waals surface area contributed by atoms with E-state index in [9.17, 15) is 0 Å². The molecule has 0 heterocycles. The first-order valence-corrected chi connectivity index (χ1v) is 5.68. The van der Waals surface area contributed by atoms with Crippen LogP contribution in [-0.2, 0) is 0 Å². The summed E-state index contributed by atoms with van der Waals surface area (Å²) < 4.78 is 0. The third-order valence-corrected chi connectivity index (χ3v) is 2.13. The quantitative estimate of drug-likeness (QED) is 0.369. The van der Waals surface area contributed by atoms with E-state index < -0.39 is 0 Å². The predicted molar refractivity (Wildman–Crippen MR) is 61.9 cm³/mol. The molecule has 0 aromatic rings. The Kier molecular flexibility index (Phi) is 11.0. The van der Waals surface area contributed by atoms with Gasteiger partial charge in [0.25, 0.3) is 0 Å². The van der Waals surface area contributed by atoms with Gasteiger partial charge in [-0.15, -0.1) is 0 Å². The van der Waals surface area contributed by atoms with Crippen LogP contribution in [-0.4, -0.2) is 0 Å². The van der Waals surface area contributed by atoms with Crippen LogP contribution in [0.4, 0.5) is 0 Å². The molecule has 0 aliphatic carbocycles. The van der Waals surface area contributed by atoms with Gasteiger partial charge < -0.3 is 0 Å². The molecule has 0 bridgehead atoms. The maximum atomic E-state index is 2.31. The molecule has 0 nitrogen and oxygen atoms in total. The lowest BCUT2D eigenvalue weighted by Crippen LogP contribution is -1.76. The zero-order valence-electron chi connectivity index (χ0n) is 9.26. The van der Waals surface area contributed by atoms with Crippen LogP contribution in [0.15, 0.2) is 24.3 Å². The van der Waals surface area contributed by atoms with Crippen molar-refractivity contribution in [3.8, 4) is 0 Å². The molecule has 0 heteroatoms. The summed E-state index contributed by atoms with van der Waals surface area (Å²) >= 11 is 0. The molecular formula is C13H24. The van der Waals surface area contributed by atoms with Crippen molar-refractivity contribution in [2.45, 2.75) is 58.8 Å². The van der Waals surface area contributed by atoms with Crippen LogP contribution in [0.5, 0.6) is 0 Å². The van der Waals surface area contributed by atoms with Gasteiger partial charge in [0.1, 0.15) is 0 Å². The molecule has 0 atom stereocenters. The topological polar surface area (TPSA) is 0 Å². The van der Waals surface area contributed by atoms with Crippen molar-refractivity contribution >= 4 is 0 Å². The lowest BCUT2D eigenvalue weighted by molar-refractivity contribution is 0.652. The summed E-state index contributed by atoms with van der Waals surface area (Å²) in [5.41, 5.74) is 0. The average molecular weight is 180 g/mol. The molecule has 0 radical (unpaired) electrons. The van der Waals surface area contributed by atoms with E-state index in [4.69, 9.17) is 0 Å². The number of unbranched alkanes of at least 4 members (excludes halogenated alkanes) is 5. The summed E-state index contributed by atoms with van der Waals surface area (Å²) in [6, 6.07) is 0. The highest BCUT2D eigenvalue weighted by Crippen LogP contribution is 2.06. The van der Waals surface area contributed by atoms with E-state index in [0.29, 0.717) is 0 Å². The first-order valence-electron chi connectivity index (χ1n) is 5.68. The Balaban J connectivity index is 2.95. The first-order chi connectivity index (χ1) is 6.41. The predicted octanol–water partition coefficient (Wildman–Crippen LogP) is 4.87. The highest BCUT2D eigenvalue weighted by atomic mass is 13.9. The van der Waals surface area contributed by atoms with Gasteiger partial charge in [0.2, 0.25) is 0 Å². The van der Waals surface area contributed by atoms with E-state index in [-0.39, 0.29) is 0 Å². The Morgan fingerprint density at radius 1 is 0.769 bits per heavy atom. The van der Waals surface area contributed by atoms with Crippen molar-refractivity contribution in [1.29, 1.82) is 0 Å². The molecule has 0 N–H and O–H groups in total. The summed E-state index contributed by atoms with van der Waals surface area (Å²) in [6.07, 6.45) is 18.2. The summed E-state index contributed by atoms with van der Waals surface area (Å²) in [5, 5.41) is 0. The van der Waals surface area contributed by atoms with Crippen molar-refractivity contribution in [3.05, 3.63) is 24.3 Å². The molecule has 76 valence electrons. The van der Waals surface area contributed by atoms with E-state index in [1.165, 1.54) is 44.9 Å². The molecule has 0 aliphatic heterocycles. The summed E-state index contributed by atoms with van der Waals surface area (Å²) in [4.78, 5) is 0. The Morgan fingerprint density at radius 2 is 1.38 bits per heavy atom. The maximum Gasteiger partial charge on any atom is -0.0351 e. The van der Waals surface area contributed by atoms with E-state index in [1.807, 2.05) is 0 Å². The van der Waals surface area contributed by atoms with Gasteiger partial charge in [-0.1, -0.05) is 44.1 Å². The van der Waals surface area contributed by atoms with Crippen LogP contribution in [0, 0.1) is 0 Å². The van der Waals surface area contributed by atoms with Gasteiger partial charge in [0, 0.05) is 0 Å². The summed E-state index contributed by atoms with van der Waals surface area (Å²) in [6.45, 7) is 4.28. The van der Waals surface area contributed by atoms with Crippen LogP contribution in [0.25, 0.3) is 0 Å². The zero-order chi connectivity index (χ0) is 9.78. The molecule has 0 amide bonds. The van der Waals surface area contributed by atoms with Crippen molar-refractivity contribution in [2.75, 3.05) is 0 Å². The minimum atomic E-state index is 1.18. The molecule has 0 saturated carbocycles. The van der Waals surface area contributed by atoms with Crippen molar-refractivity contribution in [3.63, 3.8) is 0 Å². The van der Waals surface area contributed by atoms with E-state index in [2.05, 4.69) is 38.2 Å². The second-order valence-corrected chi connectivity index (χ2v) is 3.44. The van der Waals surface area contributed by atoms with Crippen molar-refractivity contribution < 1.29 is 0 Å². The largest absolute Gasteiger partial charge is 0.0917 e. The Morgan fingerprint density at radius 3 is 1.92 bits per heavy atom. The Hall–Kier alpha value is -0.520. The number of hydrogen-bond acceptors (Lipinski definition) is 0. The van der Waals surface area contributed by atoms with Gasteiger partial charge in [0.15, 0.2) is 0 Å². The van der Waals surface area contributed by atoms with Gasteiger partial charge >= 0.3 is 0 Å². The molecular weight excluding hydrogens is 156 g/mol. The molecule has 0 aromatic heterocycles. The molecule has 0 rings (SSSR count). The fourth-order valence-corrected chi connectivity index (χ4v) is 1.33. The molecule has 13 heavy (non-hydrogen) atoms. The maximum absolute atomic E-state index is 2.31. The van der Waals surface area contributed by atoms with Crippen molar-refractivity contribution in [2.24, 2.45) is 0 Å². The van der Waals surface area contributed by atoms with Crippen molar-refractivity contribution in [1.82, 2.24) is 0 Å². The van der Waals surface area contributed by atoms with Crippen LogP contribution in [0.1, 0.15) is 58.8 Å². The third kappa shape index (κ3) is 11.5. The Bertz CT molecular complexity index is 131. The van der Waals surface area contributed by atoms with Gasteiger partial charge in [-0.05, 0) is 39.0 Å². The number of allylic oxidation sites excluding steroid dienone is 4. The molecule has 0 spiro atoms. The standard InChI is InChI=1S/C13H24/c1-3-5-7-9-11-13-12-10-8-6-4-2/h3,5-6,8H,4,7,9-13H2,1-2H3/b5-3+,8-6+. The molecule has 0 saturated heterocycles. The average Bonchev–Trinajstić information content (AvgIpc) is 2.16. The molecule has 0 aromatic carbocycles. The van der Waals surface area contributed by atoms with Crippen LogP contribution >= 0.6 is 0 Å². The van der Waals surface area contributed by atoms with Gasteiger partial charge in [0.05, 0.1) is 0 Å². The van der Waals surface area contributed by atoms with E-state index in [0.717, 1.165) is 0 Å². The van der Waals surface area contributed by atoms with Crippen LogP contribution in [0.2, 0.25) is 0 Å². The SMILES string of the molecule is C/C=C/CCCCCC/C=C/CC. The lowest BCUT2D eigenvalue weighted by Gasteiger charge is -1.96. The second kappa shape index (κ2) is 11.5. The smallest absolute Gasteiger partial charge is 0.0351 e. The minimum Gasteiger partial charge on any atom is -0.0917 e. The van der Waals surface area contributed by atoms with E-state index >= 15 is 0 Å². The lowest BCUT2D eigenvalue weighted by atomic mass is 10.1. The molecule has 0 unspecified atom stereocenters. The number of rotatable bonds is 8. The monoisotopic (exact) mass is 180 g/mol. The summed E-state index contributed by atoms with van der Waals surface area (Å²) in [5.74, 6) is 0. The fraction of sp³-hybridized carbons (Fsp3) is 0.692. The highest BCUT2D eigenvalue weighted by Gasteiger charge is 1.86. The third-order valence-electron chi connectivity index (χ3n) is 2.13. The highest BCUT2D eigenvalue weighted by molar-refractivity contribution is 4.80. The fourth-order valence-electron chi connectivity index (χ4n) is 1.33. The molecule has 0 aliphatic rings. The first kappa shape index (κ1) is 12.5. The minimum absolute atomic E-state index is 1.18. The van der Waals surface area contributed by atoms with Crippen LogP contribution < -0.4 is 0 Å². The van der Waals surface area contributed by atoms with Gasteiger partial charge in [-0.2, -0.15) is 0 Å².